The van der Waals surface area contributed by atoms with Gasteiger partial charge in [-0.2, -0.15) is 11.3 Å². The number of carbonyl (C=O) groups is 4. The Morgan fingerprint density at radius 1 is 1.08 bits per heavy atom. The van der Waals surface area contributed by atoms with Gasteiger partial charge in [0.15, 0.2) is 0 Å². The van der Waals surface area contributed by atoms with E-state index in [4.69, 9.17) is 0 Å². The lowest BCUT2D eigenvalue weighted by molar-refractivity contribution is -0.125. The van der Waals surface area contributed by atoms with Crippen LogP contribution in [0, 0.1) is 0 Å². The molecule has 0 atom stereocenters. The number of thiophene rings is 1. The van der Waals surface area contributed by atoms with Crippen LogP contribution in [0.1, 0.15) is 16.8 Å². The minimum atomic E-state index is -0.478. The van der Waals surface area contributed by atoms with E-state index in [1.165, 1.54) is 11.3 Å². The molecule has 1 fully saturated rings. The van der Waals surface area contributed by atoms with Gasteiger partial charge in [0.05, 0.1) is 12.1 Å². The monoisotopic (exact) mass is 372 g/mol. The smallest absolute Gasteiger partial charge is 0.324 e. The van der Waals surface area contributed by atoms with Crippen molar-refractivity contribution in [2.24, 2.45) is 0 Å². The standard InChI is InChI=1S/C17H16N4O4S/c22-14(5-7-21-15(23)9-18-17(21)25)19-12-1-3-13(4-2-12)20-16(24)11-6-8-26-10-11/h1-4,6,8,10H,5,7,9H2,(H,18,25)(H,19,22)(H,20,24). The summed E-state index contributed by atoms with van der Waals surface area (Å²) in [5.74, 6) is -0.849. The van der Waals surface area contributed by atoms with Gasteiger partial charge in [0.1, 0.15) is 0 Å². The topological polar surface area (TPSA) is 108 Å². The number of nitrogens with zero attached hydrogens (tertiary/aromatic N) is 1. The molecule has 1 aromatic heterocycles. The van der Waals surface area contributed by atoms with Crippen LogP contribution in [-0.4, -0.2) is 41.7 Å². The van der Waals surface area contributed by atoms with Crippen LogP contribution in [-0.2, 0) is 9.59 Å². The predicted molar refractivity (Wildman–Crippen MR) is 97.1 cm³/mol. The second-order valence-corrected chi connectivity index (χ2v) is 6.33. The number of hydrogen-bond acceptors (Lipinski definition) is 5. The Hall–Kier alpha value is -3.20. The quantitative estimate of drug-likeness (QED) is 0.673. The molecular weight excluding hydrogens is 356 g/mol. The Kier molecular flexibility index (Phi) is 5.28. The highest BCUT2D eigenvalue weighted by Crippen LogP contribution is 2.16. The van der Waals surface area contributed by atoms with Crippen LogP contribution >= 0.6 is 11.3 Å². The van der Waals surface area contributed by atoms with Crippen molar-refractivity contribution >= 4 is 46.5 Å². The highest BCUT2D eigenvalue weighted by Gasteiger charge is 2.28. The third-order valence-corrected chi connectivity index (χ3v) is 4.39. The number of imide groups is 1. The number of anilines is 2. The molecule has 26 heavy (non-hydrogen) atoms. The maximum atomic E-state index is 12.0. The highest BCUT2D eigenvalue weighted by molar-refractivity contribution is 7.08. The molecule has 0 aliphatic carbocycles. The molecule has 1 aromatic carbocycles. The third-order valence-electron chi connectivity index (χ3n) is 3.71. The van der Waals surface area contributed by atoms with E-state index in [9.17, 15) is 19.2 Å². The summed E-state index contributed by atoms with van der Waals surface area (Å²) in [4.78, 5) is 47.8. The van der Waals surface area contributed by atoms with Gasteiger partial charge in [-0.05, 0) is 35.7 Å². The first-order valence-corrected chi connectivity index (χ1v) is 8.79. The summed E-state index contributed by atoms with van der Waals surface area (Å²) >= 11 is 1.44. The molecule has 0 radical (unpaired) electrons. The number of hydrogen-bond donors (Lipinski definition) is 3. The zero-order valence-electron chi connectivity index (χ0n) is 13.7. The van der Waals surface area contributed by atoms with Gasteiger partial charge < -0.3 is 16.0 Å². The van der Waals surface area contributed by atoms with Gasteiger partial charge in [0.2, 0.25) is 11.8 Å². The van der Waals surface area contributed by atoms with Gasteiger partial charge in [-0.3, -0.25) is 19.3 Å². The van der Waals surface area contributed by atoms with Crippen molar-refractivity contribution < 1.29 is 19.2 Å². The lowest BCUT2D eigenvalue weighted by atomic mass is 10.2. The largest absolute Gasteiger partial charge is 0.329 e. The maximum Gasteiger partial charge on any atom is 0.324 e. The van der Waals surface area contributed by atoms with Crippen molar-refractivity contribution in [1.82, 2.24) is 10.2 Å². The molecule has 8 nitrogen and oxygen atoms in total. The molecule has 3 N–H and O–H groups in total. The number of benzene rings is 1. The molecule has 9 heteroatoms. The molecule has 2 heterocycles. The first-order valence-electron chi connectivity index (χ1n) is 7.84. The lowest BCUT2D eigenvalue weighted by Crippen LogP contribution is -2.33. The zero-order chi connectivity index (χ0) is 18.5. The summed E-state index contributed by atoms with van der Waals surface area (Å²) in [6.07, 6.45) is 0.00973. The van der Waals surface area contributed by atoms with Crippen LogP contribution in [0.5, 0.6) is 0 Å². The maximum absolute atomic E-state index is 12.0. The molecule has 1 saturated heterocycles. The summed E-state index contributed by atoms with van der Waals surface area (Å²) in [7, 11) is 0. The van der Waals surface area contributed by atoms with Crippen LogP contribution in [0.15, 0.2) is 41.1 Å². The second-order valence-electron chi connectivity index (χ2n) is 5.55. The first kappa shape index (κ1) is 17.6. The van der Waals surface area contributed by atoms with Crippen LogP contribution < -0.4 is 16.0 Å². The fourth-order valence-electron chi connectivity index (χ4n) is 2.35. The number of rotatable bonds is 6. The van der Waals surface area contributed by atoms with E-state index in [2.05, 4.69) is 16.0 Å². The first-order chi connectivity index (χ1) is 12.5. The van der Waals surface area contributed by atoms with Crippen LogP contribution in [0.4, 0.5) is 16.2 Å². The number of carbonyl (C=O) groups excluding carboxylic acids is 4. The molecule has 3 rings (SSSR count). The molecule has 2 aromatic rings. The van der Waals surface area contributed by atoms with E-state index in [-0.39, 0.29) is 37.2 Å². The fourth-order valence-corrected chi connectivity index (χ4v) is 2.99. The average molecular weight is 372 g/mol. The molecule has 5 amide bonds. The van der Waals surface area contributed by atoms with Crippen molar-refractivity contribution in [3.63, 3.8) is 0 Å². The Labute approximate surface area is 153 Å². The Morgan fingerprint density at radius 3 is 2.35 bits per heavy atom. The molecule has 134 valence electrons. The van der Waals surface area contributed by atoms with E-state index >= 15 is 0 Å². The second kappa shape index (κ2) is 7.79. The average Bonchev–Trinajstić information content (AvgIpc) is 3.26. The molecule has 0 saturated carbocycles. The van der Waals surface area contributed by atoms with E-state index in [1.54, 1.807) is 35.7 Å². The molecule has 1 aliphatic rings. The number of urea groups is 1. The molecular formula is C17H16N4O4S. The summed E-state index contributed by atoms with van der Waals surface area (Å²) < 4.78 is 0. The van der Waals surface area contributed by atoms with Gasteiger partial charge in [-0.25, -0.2) is 4.79 Å². The van der Waals surface area contributed by atoms with Crippen molar-refractivity contribution in [1.29, 1.82) is 0 Å². The Bertz CT molecular complexity index is 817. The minimum Gasteiger partial charge on any atom is -0.329 e. The van der Waals surface area contributed by atoms with Gasteiger partial charge in [0, 0.05) is 29.7 Å². The van der Waals surface area contributed by atoms with Gasteiger partial charge in [-0.15, -0.1) is 0 Å². The van der Waals surface area contributed by atoms with Gasteiger partial charge >= 0.3 is 6.03 Å². The summed E-state index contributed by atoms with van der Waals surface area (Å²) in [6, 6.07) is 7.94. The van der Waals surface area contributed by atoms with E-state index < -0.39 is 6.03 Å². The third kappa shape index (κ3) is 4.25. The van der Waals surface area contributed by atoms with Crippen molar-refractivity contribution in [3.05, 3.63) is 46.7 Å². The van der Waals surface area contributed by atoms with E-state index in [1.807, 2.05) is 5.38 Å². The van der Waals surface area contributed by atoms with Crippen molar-refractivity contribution in [3.8, 4) is 0 Å². The predicted octanol–water partition coefficient (Wildman–Crippen LogP) is 1.88. The van der Waals surface area contributed by atoms with E-state index in [0.717, 1.165) is 4.90 Å². The van der Waals surface area contributed by atoms with Crippen molar-refractivity contribution in [2.75, 3.05) is 23.7 Å². The Balaban J connectivity index is 1.49. The number of amides is 5. The summed E-state index contributed by atoms with van der Waals surface area (Å²) in [5.41, 5.74) is 1.76. The molecule has 0 unspecified atom stereocenters. The van der Waals surface area contributed by atoms with Gasteiger partial charge in [-0.1, -0.05) is 0 Å². The van der Waals surface area contributed by atoms with Crippen molar-refractivity contribution in [2.45, 2.75) is 6.42 Å². The van der Waals surface area contributed by atoms with Crippen LogP contribution in [0.25, 0.3) is 0 Å². The molecule has 0 spiro atoms. The zero-order valence-corrected chi connectivity index (χ0v) is 14.5. The fraction of sp³-hybridized carbons (Fsp3) is 0.176. The lowest BCUT2D eigenvalue weighted by Gasteiger charge is -2.12. The van der Waals surface area contributed by atoms with Crippen LogP contribution in [0.2, 0.25) is 0 Å². The van der Waals surface area contributed by atoms with Gasteiger partial charge in [0.25, 0.3) is 5.91 Å². The van der Waals surface area contributed by atoms with E-state index in [0.29, 0.717) is 16.9 Å². The normalized spacial score (nSPS) is 13.5. The molecule has 0 bridgehead atoms. The Morgan fingerprint density at radius 2 is 1.77 bits per heavy atom. The molecule has 1 aliphatic heterocycles. The van der Waals surface area contributed by atoms with Crippen LogP contribution in [0.3, 0.4) is 0 Å². The highest BCUT2D eigenvalue weighted by atomic mass is 32.1. The SMILES string of the molecule is O=C(CCN1C(=O)CNC1=O)Nc1ccc(NC(=O)c2ccsc2)cc1. The minimum absolute atomic E-state index is 0.00973. The summed E-state index contributed by atoms with van der Waals surface area (Å²) in [5, 5.41) is 11.4. The summed E-state index contributed by atoms with van der Waals surface area (Å²) in [6.45, 7) is 0.00426. The number of nitrogens with one attached hydrogen (secondary N) is 3.